The Morgan fingerprint density at radius 1 is 0.667 bits per heavy atom. The molecule has 0 spiro atoms. The molecule has 0 aromatic heterocycles. The van der Waals surface area contributed by atoms with Gasteiger partial charge in [-0.1, -0.05) is 74.5 Å². The van der Waals surface area contributed by atoms with Crippen LogP contribution in [0, 0.1) is 0 Å². The molecule has 0 saturated heterocycles. The van der Waals surface area contributed by atoms with Crippen molar-refractivity contribution in [3.63, 3.8) is 0 Å². The van der Waals surface area contributed by atoms with Gasteiger partial charge in [-0.2, -0.15) is 0 Å². The van der Waals surface area contributed by atoms with Crippen LogP contribution < -0.4 is 14.4 Å². The SMILES string of the molecule is CC(C)(c1ccc2c(c1)CN(Cc1ccccc1)CO2)c1ccc2c(c1)CN(c1ccccc1)CO2. The van der Waals surface area contributed by atoms with Gasteiger partial charge in [0.25, 0.3) is 0 Å². The molecule has 0 unspecified atom stereocenters. The Kier molecular flexibility index (Phi) is 5.90. The van der Waals surface area contributed by atoms with Gasteiger partial charge in [0.15, 0.2) is 6.73 Å². The number of hydrogen-bond donors (Lipinski definition) is 0. The van der Waals surface area contributed by atoms with Crippen molar-refractivity contribution in [1.29, 1.82) is 0 Å². The van der Waals surface area contributed by atoms with Crippen molar-refractivity contribution in [2.45, 2.75) is 38.9 Å². The molecule has 6 rings (SSSR count). The Bertz CT molecular complexity index is 1350. The lowest BCUT2D eigenvalue weighted by atomic mass is 9.77. The molecule has 2 heterocycles. The average molecular weight is 477 g/mol. The summed E-state index contributed by atoms with van der Waals surface area (Å²) in [5.74, 6) is 1.98. The number of anilines is 1. The molecule has 0 radical (unpaired) electrons. The Balaban J connectivity index is 1.24. The van der Waals surface area contributed by atoms with Gasteiger partial charge in [0, 0.05) is 41.9 Å². The van der Waals surface area contributed by atoms with E-state index >= 15 is 0 Å². The molecular weight excluding hydrogens is 444 g/mol. The Labute approximate surface area is 213 Å². The molecule has 2 aliphatic heterocycles. The van der Waals surface area contributed by atoms with Crippen molar-refractivity contribution < 1.29 is 9.47 Å². The lowest BCUT2D eigenvalue weighted by Gasteiger charge is -2.34. The monoisotopic (exact) mass is 476 g/mol. The van der Waals surface area contributed by atoms with E-state index in [0.717, 1.165) is 31.1 Å². The van der Waals surface area contributed by atoms with Gasteiger partial charge < -0.3 is 14.4 Å². The molecule has 4 nitrogen and oxygen atoms in total. The van der Waals surface area contributed by atoms with E-state index in [1.54, 1.807) is 0 Å². The van der Waals surface area contributed by atoms with Crippen molar-refractivity contribution >= 4 is 5.69 Å². The van der Waals surface area contributed by atoms with Gasteiger partial charge in [-0.3, -0.25) is 4.90 Å². The Morgan fingerprint density at radius 3 is 1.92 bits per heavy atom. The second-order valence-corrected chi connectivity index (χ2v) is 10.3. The lowest BCUT2D eigenvalue weighted by molar-refractivity contribution is 0.0886. The van der Waals surface area contributed by atoms with Crippen LogP contribution in [0.1, 0.15) is 41.7 Å². The zero-order valence-corrected chi connectivity index (χ0v) is 21.0. The normalized spacial score (nSPS) is 15.4. The molecule has 0 amide bonds. The number of hydrogen-bond acceptors (Lipinski definition) is 4. The summed E-state index contributed by atoms with van der Waals surface area (Å²) in [6, 6.07) is 34.4. The minimum atomic E-state index is -0.152. The number of benzene rings is 4. The highest BCUT2D eigenvalue weighted by Crippen LogP contribution is 2.38. The van der Waals surface area contributed by atoms with Crippen LogP contribution >= 0.6 is 0 Å². The van der Waals surface area contributed by atoms with Gasteiger partial charge in [-0.05, 0) is 53.1 Å². The number of ether oxygens (including phenoxy) is 2. The van der Waals surface area contributed by atoms with Gasteiger partial charge in [0.2, 0.25) is 0 Å². The summed E-state index contributed by atoms with van der Waals surface area (Å²) in [6.45, 7) is 8.42. The summed E-state index contributed by atoms with van der Waals surface area (Å²) >= 11 is 0. The molecule has 182 valence electrons. The van der Waals surface area contributed by atoms with Crippen molar-refractivity contribution in [3.05, 3.63) is 125 Å². The maximum absolute atomic E-state index is 6.11. The highest BCUT2D eigenvalue weighted by molar-refractivity contribution is 5.52. The minimum Gasteiger partial charge on any atom is -0.478 e. The standard InChI is InChI=1S/C32H32N2O2/c1-32(2,28-14-16-31-26(18-28)21-34(23-36-31)29-11-7-4-8-12-29)27-13-15-30-25(17-27)20-33(22-35-30)19-24-9-5-3-6-10-24/h3-18H,19-23H2,1-2H3. The fourth-order valence-corrected chi connectivity index (χ4v) is 5.23. The molecule has 0 aliphatic carbocycles. The summed E-state index contributed by atoms with van der Waals surface area (Å²) in [7, 11) is 0. The van der Waals surface area contributed by atoms with E-state index in [2.05, 4.69) is 115 Å². The largest absolute Gasteiger partial charge is 0.478 e. The second kappa shape index (κ2) is 9.36. The van der Waals surface area contributed by atoms with E-state index in [-0.39, 0.29) is 5.41 Å². The highest BCUT2D eigenvalue weighted by Gasteiger charge is 2.28. The van der Waals surface area contributed by atoms with Crippen LogP contribution in [0.3, 0.4) is 0 Å². The zero-order chi connectivity index (χ0) is 24.5. The second-order valence-electron chi connectivity index (χ2n) is 10.3. The first-order valence-electron chi connectivity index (χ1n) is 12.6. The van der Waals surface area contributed by atoms with E-state index in [0.29, 0.717) is 13.5 Å². The van der Waals surface area contributed by atoms with E-state index in [9.17, 15) is 0 Å². The summed E-state index contributed by atoms with van der Waals surface area (Å²) < 4.78 is 12.2. The first kappa shape index (κ1) is 22.7. The van der Waals surface area contributed by atoms with Crippen molar-refractivity contribution in [2.75, 3.05) is 18.4 Å². The van der Waals surface area contributed by atoms with E-state index in [4.69, 9.17) is 9.47 Å². The van der Waals surface area contributed by atoms with Gasteiger partial charge >= 0.3 is 0 Å². The molecule has 0 fully saturated rings. The molecule has 4 aromatic rings. The molecule has 0 saturated carbocycles. The zero-order valence-electron chi connectivity index (χ0n) is 21.0. The van der Waals surface area contributed by atoms with Crippen molar-refractivity contribution in [1.82, 2.24) is 4.90 Å². The van der Waals surface area contributed by atoms with E-state index in [1.807, 2.05) is 6.07 Å². The maximum atomic E-state index is 6.11. The van der Waals surface area contributed by atoms with Crippen LogP contribution in [0.15, 0.2) is 97.1 Å². The summed E-state index contributed by atoms with van der Waals surface area (Å²) in [5.41, 5.74) is 7.40. The predicted molar refractivity (Wildman–Crippen MR) is 144 cm³/mol. The quantitative estimate of drug-likeness (QED) is 0.319. The van der Waals surface area contributed by atoms with Crippen LogP contribution in [0.2, 0.25) is 0 Å². The third kappa shape index (κ3) is 4.45. The third-order valence-electron chi connectivity index (χ3n) is 7.47. The van der Waals surface area contributed by atoms with Crippen LogP contribution in [0.5, 0.6) is 11.5 Å². The maximum Gasteiger partial charge on any atom is 0.161 e. The number of nitrogens with zero attached hydrogens (tertiary/aromatic N) is 2. The average Bonchev–Trinajstić information content (AvgIpc) is 2.93. The van der Waals surface area contributed by atoms with Gasteiger partial charge in [-0.25, -0.2) is 0 Å². The molecule has 4 aromatic carbocycles. The number of para-hydroxylation sites is 1. The van der Waals surface area contributed by atoms with Crippen LogP contribution in [0.25, 0.3) is 0 Å². The Hall–Kier alpha value is -3.76. The van der Waals surface area contributed by atoms with Crippen molar-refractivity contribution in [2.24, 2.45) is 0 Å². The van der Waals surface area contributed by atoms with Crippen LogP contribution in [0.4, 0.5) is 5.69 Å². The van der Waals surface area contributed by atoms with Gasteiger partial charge in [-0.15, -0.1) is 0 Å². The van der Waals surface area contributed by atoms with Gasteiger partial charge in [0.1, 0.15) is 18.2 Å². The van der Waals surface area contributed by atoms with Gasteiger partial charge in [0.05, 0.1) is 0 Å². The smallest absolute Gasteiger partial charge is 0.161 e. The molecule has 2 aliphatic rings. The molecular formula is C32H32N2O2. The molecule has 36 heavy (non-hydrogen) atoms. The highest BCUT2D eigenvalue weighted by atomic mass is 16.5. The van der Waals surface area contributed by atoms with Crippen molar-refractivity contribution in [3.8, 4) is 11.5 Å². The van der Waals surface area contributed by atoms with E-state index < -0.39 is 0 Å². The first-order valence-corrected chi connectivity index (χ1v) is 12.6. The molecule has 0 atom stereocenters. The molecule has 0 bridgehead atoms. The summed E-state index contributed by atoms with van der Waals surface area (Å²) in [4.78, 5) is 4.62. The lowest BCUT2D eigenvalue weighted by Crippen LogP contribution is -2.32. The third-order valence-corrected chi connectivity index (χ3v) is 7.47. The molecule has 0 N–H and O–H groups in total. The topological polar surface area (TPSA) is 24.9 Å². The number of rotatable bonds is 5. The summed E-state index contributed by atoms with van der Waals surface area (Å²) in [5, 5.41) is 0. The number of fused-ring (bicyclic) bond motifs is 2. The molecule has 4 heteroatoms. The fraction of sp³-hybridized carbons (Fsp3) is 0.250. The first-order chi connectivity index (χ1) is 17.6. The minimum absolute atomic E-state index is 0.152. The fourth-order valence-electron chi connectivity index (χ4n) is 5.23. The summed E-state index contributed by atoms with van der Waals surface area (Å²) in [6.07, 6.45) is 0. The van der Waals surface area contributed by atoms with Crippen LogP contribution in [-0.4, -0.2) is 18.4 Å². The predicted octanol–water partition coefficient (Wildman–Crippen LogP) is 6.72. The van der Waals surface area contributed by atoms with Crippen LogP contribution in [-0.2, 0) is 25.0 Å². The van der Waals surface area contributed by atoms with E-state index in [1.165, 1.54) is 33.5 Å². The Morgan fingerprint density at radius 2 is 1.25 bits per heavy atom.